The molecule has 0 aliphatic carbocycles. The number of H-pyrrole nitrogens is 1. The van der Waals surface area contributed by atoms with Gasteiger partial charge in [-0.25, -0.2) is 9.37 Å². The van der Waals surface area contributed by atoms with Gasteiger partial charge in [0.2, 0.25) is 0 Å². The fraction of sp³-hybridized carbons (Fsp3) is 0.167. The van der Waals surface area contributed by atoms with Crippen LogP contribution in [-0.4, -0.2) is 17.0 Å². The highest BCUT2D eigenvalue weighted by Gasteiger charge is 2.04. The lowest BCUT2D eigenvalue weighted by molar-refractivity contribution is 0.628. The molecule has 0 amide bonds. The minimum Gasteiger partial charge on any atom is -0.315 e. The molecule has 0 saturated heterocycles. The molecule has 0 radical (unpaired) electrons. The summed E-state index contributed by atoms with van der Waals surface area (Å²) in [6.45, 7) is 0.464. The van der Waals surface area contributed by atoms with Gasteiger partial charge in [0.25, 0.3) is 5.56 Å². The first-order valence-corrected chi connectivity index (χ1v) is 5.19. The molecular formula is C12H12FN3O. The number of rotatable bonds is 3. The average molecular weight is 233 g/mol. The first-order chi connectivity index (χ1) is 8.20. The van der Waals surface area contributed by atoms with Gasteiger partial charge in [-0.05, 0) is 31.3 Å². The van der Waals surface area contributed by atoms with Crippen molar-refractivity contribution in [1.29, 1.82) is 0 Å². The fourth-order valence-corrected chi connectivity index (χ4v) is 1.49. The number of benzene rings is 1. The summed E-state index contributed by atoms with van der Waals surface area (Å²) in [6, 6.07) is 5.81. The Bertz CT molecular complexity index is 563. The Kier molecular flexibility index (Phi) is 3.30. The van der Waals surface area contributed by atoms with Crippen LogP contribution >= 0.6 is 0 Å². The Morgan fingerprint density at radius 2 is 2.06 bits per heavy atom. The van der Waals surface area contributed by atoms with Gasteiger partial charge >= 0.3 is 0 Å². The van der Waals surface area contributed by atoms with Crippen molar-refractivity contribution in [2.45, 2.75) is 6.54 Å². The molecule has 0 bridgehead atoms. The molecule has 1 aromatic carbocycles. The molecule has 0 spiro atoms. The molecule has 5 heteroatoms. The minimum atomic E-state index is -0.317. The van der Waals surface area contributed by atoms with E-state index in [0.29, 0.717) is 23.5 Å². The summed E-state index contributed by atoms with van der Waals surface area (Å²) in [5.41, 5.74) is 1.06. The van der Waals surface area contributed by atoms with Crippen LogP contribution in [0.3, 0.4) is 0 Å². The zero-order chi connectivity index (χ0) is 12.3. The monoisotopic (exact) mass is 233 g/mol. The van der Waals surface area contributed by atoms with E-state index in [2.05, 4.69) is 15.3 Å². The number of aromatic nitrogens is 2. The van der Waals surface area contributed by atoms with Crippen molar-refractivity contribution in [1.82, 2.24) is 15.3 Å². The molecule has 17 heavy (non-hydrogen) atoms. The highest BCUT2D eigenvalue weighted by atomic mass is 19.1. The van der Waals surface area contributed by atoms with Gasteiger partial charge in [-0.15, -0.1) is 0 Å². The summed E-state index contributed by atoms with van der Waals surface area (Å²) < 4.78 is 12.7. The fourth-order valence-electron chi connectivity index (χ4n) is 1.49. The van der Waals surface area contributed by atoms with Crippen LogP contribution in [0.5, 0.6) is 0 Å². The van der Waals surface area contributed by atoms with Crippen LogP contribution in [-0.2, 0) is 6.54 Å². The smallest absolute Gasteiger partial charge is 0.255 e. The second-order valence-electron chi connectivity index (χ2n) is 3.62. The lowest BCUT2D eigenvalue weighted by Gasteiger charge is -2.02. The van der Waals surface area contributed by atoms with E-state index in [1.807, 2.05) is 0 Å². The quantitative estimate of drug-likeness (QED) is 0.840. The maximum Gasteiger partial charge on any atom is 0.255 e. The third-order valence-corrected chi connectivity index (χ3v) is 2.36. The summed E-state index contributed by atoms with van der Waals surface area (Å²) in [5, 5.41) is 2.88. The highest BCUT2D eigenvalue weighted by Crippen LogP contribution is 2.13. The van der Waals surface area contributed by atoms with E-state index in [1.165, 1.54) is 18.3 Å². The Labute approximate surface area is 97.5 Å². The standard InChI is InChI=1S/C12H12FN3O/c1-14-6-9-7-15-11(16-12(9)17)8-2-4-10(13)5-3-8/h2-5,7,14H,6H2,1H3,(H,15,16,17). The predicted octanol–water partition coefficient (Wildman–Crippen LogP) is 1.30. The molecule has 0 aliphatic heterocycles. The third kappa shape index (κ3) is 2.57. The van der Waals surface area contributed by atoms with Crippen molar-refractivity contribution in [3.63, 3.8) is 0 Å². The predicted molar refractivity (Wildman–Crippen MR) is 63.0 cm³/mol. The van der Waals surface area contributed by atoms with Crippen molar-refractivity contribution >= 4 is 0 Å². The van der Waals surface area contributed by atoms with E-state index >= 15 is 0 Å². The van der Waals surface area contributed by atoms with Crippen LogP contribution in [0.15, 0.2) is 35.3 Å². The van der Waals surface area contributed by atoms with Crippen LogP contribution < -0.4 is 10.9 Å². The third-order valence-electron chi connectivity index (χ3n) is 2.36. The maximum absolute atomic E-state index is 12.7. The van der Waals surface area contributed by atoms with Crippen LogP contribution in [0.1, 0.15) is 5.56 Å². The van der Waals surface area contributed by atoms with Gasteiger partial charge in [-0.1, -0.05) is 0 Å². The Hall–Kier alpha value is -2.01. The van der Waals surface area contributed by atoms with E-state index in [9.17, 15) is 9.18 Å². The van der Waals surface area contributed by atoms with Crippen LogP contribution in [0, 0.1) is 5.82 Å². The zero-order valence-electron chi connectivity index (χ0n) is 9.33. The first-order valence-electron chi connectivity index (χ1n) is 5.19. The molecule has 1 heterocycles. The molecule has 88 valence electrons. The Balaban J connectivity index is 2.37. The van der Waals surface area contributed by atoms with Crippen molar-refractivity contribution < 1.29 is 4.39 Å². The molecule has 0 saturated carbocycles. The van der Waals surface area contributed by atoms with E-state index < -0.39 is 0 Å². The number of halogens is 1. The zero-order valence-corrected chi connectivity index (χ0v) is 9.33. The maximum atomic E-state index is 12.7. The van der Waals surface area contributed by atoms with Gasteiger partial charge in [0.05, 0.1) is 0 Å². The molecule has 1 aromatic heterocycles. The number of nitrogens with one attached hydrogen (secondary N) is 2. The van der Waals surface area contributed by atoms with Crippen molar-refractivity contribution in [2.75, 3.05) is 7.05 Å². The lowest BCUT2D eigenvalue weighted by Crippen LogP contribution is -2.19. The second-order valence-corrected chi connectivity index (χ2v) is 3.62. The van der Waals surface area contributed by atoms with E-state index in [1.54, 1.807) is 19.2 Å². The second kappa shape index (κ2) is 4.88. The largest absolute Gasteiger partial charge is 0.315 e. The molecule has 4 nitrogen and oxygen atoms in total. The molecule has 0 unspecified atom stereocenters. The average Bonchev–Trinajstić information content (AvgIpc) is 2.33. The van der Waals surface area contributed by atoms with E-state index in [-0.39, 0.29) is 11.4 Å². The summed E-state index contributed by atoms with van der Waals surface area (Å²) in [5.74, 6) is 0.123. The molecule has 0 atom stereocenters. The number of hydrogen-bond acceptors (Lipinski definition) is 3. The summed E-state index contributed by atoms with van der Waals surface area (Å²) in [4.78, 5) is 18.5. The molecule has 0 fully saturated rings. The van der Waals surface area contributed by atoms with Gasteiger partial charge in [0, 0.05) is 23.9 Å². The normalized spacial score (nSPS) is 10.5. The van der Waals surface area contributed by atoms with Crippen molar-refractivity contribution in [3.8, 4) is 11.4 Å². The van der Waals surface area contributed by atoms with Gasteiger partial charge in [-0.2, -0.15) is 0 Å². The molecule has 2 aromatic rings. The molecule has 2 N–H and O–H groups in total. The first kappa shape index (κ1) is 11.5. The Morgan fingerprint density at radius 1 is 1.35 bits per heavy atom. The highest BCUT2D eigenvalue weighted by molar-refractivity contribution is 5.54. The van der Waals surface area contributed by atoms with Crippen molar-refractivity contribution in [2.24, 2.45) is 0 Å². The molecule has 0 aliphatic rings. The minimum absolute atomic E-state index is 0.186. The summed E-state index contributed by atoms with van der Waals surface area (Å²) in [7, 11) is 1.76. The van der Waals surface area contributed by atoms with Crippen LogP contribution in [0.4, 0.5) is 4.39 Å². The van der Waals surface area contributed by atoms with Gasteiger partial charge in [0.15, 0.2) is 0 Å². The number of nitrogens with zero attached hydrogens (tertiary/aromatic N) is 1. The summed E-state index contributed by atoms with van der Waals surface area (Å²) in [6.07, 6.45) is 1.52. The topological polar surface area (TPSA) is 57.8 Å². The SMILES string of the molecule is CNCc1cnc(-c2ccc(F)cc2)[nH]c1=O. The number of aromatic amines is 1. The van der Waals surface area contributed by atoms with Gasteiger partial charge in [-0.3, -0.25) is 4.79 Å². The van der Waals surface area contributed by atoms with Gasteiger partial charge < -0.3 is 10.3 Å². The lowest BCUT2D eigenvalue weighted by atomic mass is 10.2. The van der Waals surface area contributed by atoms with E-state index in [0.717, 1.165) is 0 Å². The van der Waals surface area contributed by atoms with Crippen LogP contribution in [0.2, 0.25) is 0 Å². The molecule has 2 rings (SSSR count). The van der Waals surface area contributed by atoms with E-state index in [4.69, 9.17) is 0 Å². The Morgan fingerprint density at radius 3 is 2.65 bits per heavy atom. The van der Waals surface area contributed by atoms with Crippen LogP contribution in [0.25, 0.3) is 11.4 Å². The number of hydrogen-bond donors (Lipinski definition) is 2. The van der Waals surface area contributed by atoms with Gasteiger partial charge in [0.1, 0.15) is 11.6 Å². The molecular weight excluding hydrogens is 221 g/mol. The van der Waals surface area contributed by atoms with Crippen molar-refractivity contribution in [3.05, 3.63) is 52.2 Å². The summed E-state index contributed by atoms with van der Waals surface area (Å²) >= 11 is 0.